The number of hydrogen-bond donors (Lipinski definition) is 2. The fourth-order valence-corrected chi connectivity index (χ4v) is 4.32. The van der Waals surface area contributed by atoms with Gasteiger partial charge in [-0.15, -0.1) is 6.42 Å². The van der Waals surface area contributed by atoms with Crippen LogP contribution in [0.4, 0.5) is 4.79 Å². The number of hydrogen-bond acceptors (Lipinski definition) is 4. The Bertz CT molecular complexity index is 1150. The number of nitrogens with one attached hydrogen (secondary N) is 2. The summed E-state index contributed by atoms with van der Waals surface area (Å²) < 4.78 is 5.48. The van der Waals surface area contributed by atoms with Crippen LogP contribution in [0.25, 0.3) is 0 Å². The van der Waals surface area contributed by atoms with Gasteiger partial charge in [-0.05, 0) is 57.2 Å². The van der Waals surface area contributed by atoms with E-state index in [0.29, 0.717) is 17.7 Å². The third-order valence-corrected chi connectivity index (χ3v) is 6.23. The van der Waals surface area contributed by atoms with Crippen molar-refractivity contribution in [1.29, 1.82) is 0 Å². The summed E-state index contributed by atoms with van der Waals surface area (Å²) in [5, 5.41) is 5.79. The first-order chi connectivity index (χ1) is 18.1. The number of rotatable bonds is 11. The molecule has 38 heavy (non-hydrogen) atoms. The van der Waals surface area contributed by atoms with Crippen LogP contribution < -0.4 is 10.6 Å². The Morgan fingerprint density at radius 3 is 2.34 bits per heavy atom. The van der Waals surface area contributed by atoms with Gasteiger partial charge in [-0.3, -0.25) is 9.59 Å². The molecule has 0 heterocycles. The minimum atomic E-state index is -0.934. The Hall–Kier alpha value is -3.79. The highest BCUT2D eigenvalue weighted by atomic mass is 16.6. The predicted molar refractivity (Wildman–Crippen MR) is 148 cm³/mol. The first-order valence-electron chi connectivity index (χ1n) is 13.3. The second-order valence-corrected chi connectivity index (χ2v) is 10.6. The zero-order valence-corrected chi connectivity index (χ0v) is 22.8. The molecule has 3 amide bonds. The molecule has 0 spiro atoms. The molecule has 0 aliphatic heterocycles. The summed E-state index contributed by atoms with van der Waals surface area (Å²) in [7, 11) is 0. The number of unbranched alkanes of at least 4 members (excludes halogenated alkanes) is 1. The maximum absolute atomic E-state index is 14.3. The van der Waals surface area contributed by atoms with Crippen molar-refractivity contribution in [1.82, 2.24) is 15.5 Å². The normalized spacial score (nSPS) is 14.5. The van der Waals surface area contributed by atoms with E-state index in [1.165, 1.54) is 0 Å². The zero-order chi connectivity index (χ0) is 27.7. The molecule has 7 nitrogen and oxygen atoms in total. The topological polar surface area (TPSA) is 87.7 Å². The van der Waals surface area contributed by atoms with Gasteiger partial charge in [0.05, 0.1) is 0 Å². The van der Waals surface area contributed by atoms with E-state index in [1.54, 1.807) is 37.8 Å². The Balaban J connectivity index is 2.01. The molecular weight excluding hydrogens is 478 g/mol. The molecule has 0 saturated heterocycles. The maximum atomic E-state index is 14.3. The number of amides is 3. The van der Waals surface area contributed by atoms with Crippen LogP contribution in [-0.2, 0) is 20.7 Å². The number of carbonyl (C=O) groups is 3. The van der Waals surface area contributed by atoms with Gasteiger partial charge in [-0.25, -0.2) is 4.79 Å². The van der Waals surface area contributed by atoms with Crippen molar-refractivity contribution in [3.05, 3.63) is 71.3 Å². The number of benzene rings is 2. The second-order valence-electron chi connectivity index (χ2n) is 10.6. The molecule has 7 heteroatoms. The summed E-state index contributed by atoms with van der Waals surface area (Å²) in [6.07, 6.45) is 8.67. The van der Waals surface area contributed by atoms with Crippen molar-refractivity contribution in [2.24, 2.45) is 0 Å². The Labute approximate surface area is 226 Å². The van der Waals surface area contributed by atoms with Gasteiger partial charge in [0.25, 0.3) is 0 Å². The molecule has 2 aromatic carbocycles. The fraction of sp³-hybridized carbons (Fsp3) is 0.452. The van der Waals surface area contributed by atoms with E-state index >= 15 is 0 Å². The van der Waals surface area contributed by atoms with Crippen LogP contribution >= 0.6 is 0 Å². The lowest BCUT2D eigenvalue weighted by atomic mass is 9.96. The number of terminal acetylenes is 1. The molecule has 0 radical (unpaired) electrons. The minimum absolute atomic E-state index is 0.131. The summed E-state index contributed by atoms with van der Waals surface area (Å²) in [6.45, 7) is 7.85. The molecule has 202 valence electrons. The average Bonchev–Trinajstić information content (AvgIpc) is 3.71. The molecular formula is C31H39N3O4. The molecule has 0 aromatic heterocycles. The van der Waals surface area contributed by atoms with E-state index in [9.17, 15) is 14.4 Å². The Morgan fingerprint density at radius 1 is 1.08 bits per heavy atom. The van der Waals surface area contributed by atoms with E-state index in [1.807, 2.05) is 49.4 Å². The van der Waals surface area contributed by atoms with Gasteiger partial charge in [0.2, 0.25) is 11.8 Å². The highest BCUT2D eigenvalue weighted by Crippen LogP contribution is 2.36. The summed E-state index contributed by atoms with van der Waals surface area (Å²) in [6, 6.07) is 14.7. The number of ether oxygens (including phenoxy) is 1. The van der Waals surface area contributed by atoms with Crippen LogP contribution in [0, 0.1) is 12.3 Å². The quantitative estimate of drug-likeness (QED) is 0.333. The maximum Gasteiger partial charge on any atom is 0.408 e. The van der Waals surface area contributed by atoms with Crippen molar-refractivity contribution in [3.8, 4) is 12.3 Å². The van der Waals surface area contributed by atoms with Crippen LogP contribution in [0.2, 0.25) is 0 Å². The largest absolute Gasteiger partial charge is 0.444 e. The second kappa shape index (κ2) is 13.1. The van der Waals surface area contributed by atoms with E-state index < -0.39 is 23.8 Å². The van der Waals surface area contributed by atoms with Gasteiger partial charge >= 0.3 is 6.09 Å². The predicted octanol–water partition coefficient (Wildman–Crippen LogP) is 4.75. The Kier molecular flexibility index (Phi) is 9.95. The molecule has 2 unspecified atom stereocenters. The highest BCUT2D eigenvalue weighted by Gasteiger charge is 2.44. The number of nitrogens with zero attached hydrogens (tertiary/aromatic N) is 1. The van der Waals surface area contributed by atoms with Gasteiger partial charge in [-0.2, -0.15) is 0 Å². The standard InChI is InChI=1S/C31H39N3O4/c1-6-8-20-32-28(35)27(25-17-13-12-16-23(25)7-2)34(24-18-19-24)29(36)26(21-22-14-10-9-11-15-22)33-30(37)38-31(3,4)5/h2,9-17,24,26-27H,6,8,18-21H2,1,3-5H3,(H,32,35)(H,33,37). The molecule has 3 rings (SSSR count). The van der Waals surface area contributed by atoms with E-state index in [0.717, 1.165) is 31.2 Å². The monoisotopic (exact) mass is 517 g/mol. The van der Waals surface area contributed by atoms with Crippen molar-refractivity contribution in [2.45, 2.75) is 83.5 Å². The molecule has 1 aliphatic carbocycles. The van der Waals surface area contributed by atoms with Crippen LogP contribution in [0.1, 0.15) is 76.1 Å². The lowest BCUT2D eigenvalue weighted by molar-refractivity contribution is -0.143. The third kappa shape index (κ3) is 8.11. The lowest BCUT2D eigenvalue weighted by Gasteiger charge is -2.35. The molecule has 1 saturated carbocycles. The highest BCUT2D eigenvalue weighted by molar-refractivity contribution is 5.93. The van der Waals surface area contributed by atoms with Crippen molar-refractivity contribution in [3.63, 3.8) is 0 Å². The third-order valence-electron chi connectivity index (χ3n) is 6.23. The summed E-state index contributed by atoms with van der Waals surface area (Å²) in [5.41, 5.74) is 1.31. The smallest absolute Gasteiger partial charge is 0.408 e. The number of carbonyl (C=O) groups excluding carboxylic acids is 3. The molecule has 2 N–H and O–H groups in total. The minimum Gasteiger partial charge on any atom is -0.444 e. The summed E-state index contributed by atoms with van der Waals surface area (Å²) >= 11 is 0. The van der Waals surface area contributed by atoms with Crippen molar-refractivity contribution < 1.29 is 19.1 Å². The van der Waals surface area contributed by atoms with Crippen LogP contribution in [0.3, 0.4) is 0 Å². The molecule has 2 aromatic rings. The van der Waals surface area contributed by atoms with Gasteiger partial charge in [0.1, 0.15) is 17.7 Å². The van der Waals surface area contributed by atoms with Crippen molar-refractivity contribution in [2.75, 3.05) is 6.54 Å². The SMILES string of the molecule is C#Cc1ccccc1C(C(=O)NCCCC)N(C(=O)C(Cc1ccccc1)NC(=O)OC(C)(C)C)C1CC1. The first kappa shape index (κ1) is 28.8. The van der Waals surface area contributed by atoms with Gasteiger partial charge in [0.15, 0.2) is 0 Å². The summed E-state index contributed by atoms with van der Waals surface area (Å²) in [4.78, 5) is 42.4. The van der Waals surface area contributed by atoms with Gasteiger partial charge < -0.3 is 20.3 Å². The average molecular weight is 518 g/mol. The Morgan fingerprint density at radius 2 is 1.74 bits per heavy atom. The van der Waals surface area contributed by atoms with Crippen molar-refractivity contribution >= 4 is 17.9 Å². The van der Waals surface area contributed by atoms with Crippen LogP contribution in [-0.4, -0.2) is 47.0 Å². The van der Waals surface area contributed by atoms with E-state index in [4.69, 9.17) is 11.2 Å². The van der Waals surface area contributed by atoms with Crippen LogP contribution in [0.5, 0.6) is 0 Å². The molecule has 1 fully saturated rings. The van der Waals surface area contributed by atoms with Gasteiger partial charge in [0, 0.05) is 24.6 Å². The number of alkyl carbamates (subject to hydrolysis) is 1. The molecule has 1 aliphatic rings. The van der Waals surface area contributed by atoms with Crippen LogP contribution in [0.15, 0.2) is 54.6 Å². The summed E-state index contributed by atoms with van der Waals surface area (Å²) in [5.74, 6) is 2.05. The molecule has 0 bridgehead atoms. The zero-order valence-electron chi connectivity index (χ0n) is 22.8. The fourth-order valence-electron chi connectivity index (χ4n) is 4.32. The van der Waals surface area contributed by atoms with Gasteiger partial charge in [-0.1, -0.05) is 67.8 Å². The lowest BCUT2D eigenvalue weighted by Crippen LogP contribution is -2.54. The molecule has 2 atom stereocenters. The first-order valence-corrected chi connectivity index (χ1v) is 13.3. The van der Waals surface area contributed by atoms with E-state index in [-0.39, 0.29) is 24.3 Å². The van der Waals surface area contributed by atoms with E-state index in [2.05, 4.69) is 16.6 Å².